The van der Waals surface area contributed by atoms with Crippen LogP contribution >= 0.6 is 0 Å². The van der Waals surface area contributed by atoms with Crippen LogP contribution in [0.25, 0.3) is 10.9 Å². The van der Waals surface area contributed by atoms with Gasteiger partial charge in [-0.25, -0.2) is 0 Å². The summed E-state index contributed by atoms with van der Waals surface area (Å²) in [4.78, 5) is 13.0. The van der Waals surface area contributed by atoms with Gasteiger partial charge in [0.1, 0.15) is 0 Å². The van der Waals surface area contributed by atoms with Gasteiger partial charge in [-0.2, -0.15) is 0 Å². The summed E-state index contributed by atoms with van der Waals surface area (Å²) >= 11 is 0. The maximum atomic E-state index is 13.0. The number of benzene rings is 3. The van der Waals surface area contributed by atoms with Crippen LogP contribution in [0.2, 0.25) is 0 Å². The normalized spacial score (nSPS) is 13.3. The first-order valence-corrected chi connectivity index (χ1v) is 10.9. The third-order valence-corrected chi connectivity index (χ3v) is 6.05. The molecule has 5 rings (SSSR count). The van der Waals surface area contributed by atoms with Crippen molar-refractivity contribution in [3.05, 3.63) is 95.7 Å². The fourth-order valence-corrected chi connectivity index (χ4v) is 4.44. The quantitative estimate of drug-likeness (QED) is 0.455. The molecular weight excluding hydrogens is 400 g/mol. The lowest BCUT2D eigenvalue weighted by Gasteiger charge is -2.17. The Morgan fingerprint density at radius 2 is 1.75 bits per heavy atom. The highest BCUT2D eigenvalue weighted by molar-refractivity contribution is 5.86. The Bertz CT molecular complexity index is 1250. The third kappa shape index (κ3) is 4.19. The van der Waals surface area contributed by atoms with E-state index in [4.69, 9.17) is 9.47 Å². The highest BCUT2D eigenvalue weighted by Crippen LogP contribution is 2.33. The number of ether oxygens (including phenoxy) is 2. The fourth-order valence-electron chi connectivity index (χ4n) is 4.44. The molecule has 4 aromatic rings. The molecule has 0 spiro atoms. The Balaban J connectivity index is 1.35. The lowest BCUT2D eigenvalue weighted by molar-refractivity contribution is -0.121. The average molecular weight is 427 g/mol. The molecule has 1 N–H and O–H groups in total. The van der Waals surface area contributed by atoms with Gasteiger partial charge in [0.25, 0.3) is 0 Å². The van der Waals surface area contributed by atoms with E-state index in [1.165, 1.54) is 22.0 Å². The zero-order chi connectivity index (χ0) is 21.9. The molecule has 0 saturated carbocycles. The van der Waals surface area contributed by atoms with E-state index in [-0.39, 0.29) is 18.6 Å². The summed E-state index contributed by atoms with van der Waals surface area (Å²) in [6.45, 7) is 0.709. The molecule has 1 aliphatic heterocycles. The monoisotopic (exact) mass is 426 g/mol. The van der Waals surface area contributed by atoms with Crippen LogP contribution in [-0.4, -0.2) is 17.3 Å². The smallest absolute Gasteiger partial charge is 0.231 e. The van der Waals surface area contributed by atoms with E-state index in [1.54, 1.807) is 0 Å². The first-order chi connectivity index (χ1) is 15.7. The molecular formula is C27H26N2O3. The van der Waals surface area contributed by atoms with E-state index in [1.807, 2.05) is 24.3 Å². The number of nitrogens with zero attached hydrogens (tertiary/aromatic N) is 1. The largest absolute Gasteiger partial charge is 0.454 e. The van der Waals surface area contributed by atoms with E-state index in [0.717, 1.165) is 23.5 Å². The first-order valence-electron chi connectivity index (χ1n) is 10.9. The Labute approximate surface area is 187 Å². The molecule has 32 heavy (non-hydrogen) atoms. The van der Waals surface area contributed by atoms with E-state index >= 15 is 0 Å². The van der Waals surface area contributed by atoms with Gasteiger partial charge in [-0.05, 0) is 47.2 Å². The van der Waals surface area contributed by atoms with Crippen molar-refractivity contribution in [2.24, 2.45) is 7.05 Å². The second-order valence-electron chi connectivity index (χ2n) is 8.27. The zero-order valence-corrected chi connectivity index (χ0v) is 18.1. The predicted molar refractivity (Wildman–Crippen MR) is 125 cm³/mol. The van der Waals surface area contributed by atoms with Crippen LogP contribution in [0.4, 0.5) is 0 Å². The van der Waals surface area contributed by atoms with Crippen LogP contribution in [-0.2, 0) is 24.8 Å². The summed E-state index contributed by atoms with van der Waals surface area (Å²) in [6, 6.07) is 24.5. The first kappa shape index (κ1) is 20.2. The minimum Gasteiger partial charge on any atom is -0.454 e. The second kappa shape index (κ2) is 8.79. The number of aryl methyl sites for hydroxylation is 1. The van der Waals surface area contributed by atoms with Crippen molar-refractivity contribution >= 4 is 16.8 Å². The van der Waals surface area contributed by atoms with Crippen molar-refractivity contribution in [1.82, 2.24) is 9.88 Å². The Morgan fingerprint density at radius 1 is 0.969 bits per heavy atom. The molecule has 0 fully saturated rings. The van der Waals surface area contributed by atoms with Crippen molar-refractivity contribution in [3.63, 3.8) is 0 Å². The van der Waals surface area contributed by atoms with Gasteiger partial charge in [-0.15, -0.1) is 0 Å². The molecule has 5 nitrogen and oxygen atoms in total. The van der Waals surface area contributed by atoms with Crippen molar-refractivity contribution < 1.29 is 14.3 Å². The highest BCUT2D eigenvalue weighted by Gasteiger charge is 2.21. The summed E-state index contributed by atoms with van der Waals surface area (Å²) < 4.78 is 12.9. The number of carbonyl (C=O) groups is 1. The molecule has 5 heteroatoms. The van der Waals surface area contributed by atoms with E-state index in [0.29, 0.717) is 13.0 Å². The molecule has 0 saturated heterocycles. The number of nitrogens with one attached hydrogen (secondary N) is 1. The van der Waals surface area contributed by atoms with Gasteiger partial charge in [0.15, 0.2) is 11.5 Å². The lowest BCUT2D eigenvalue weighted by atomic mass is 9.88. The summed E-state index contributed by atoms with van der Waals surface area (Å²) in [5.41, 5.74) is 4.62. The molecule has 0 aliphatic carbocycles. The molecule has 1 atom stereocenters. The van der Waals surface area contributed by atoms with Crippen molar-refractivity contribution in [3.8, 4) is 11.5 Å². The molecule has 1 amide bonds. The molecule has 162 valence electrons. The van der Waals surface area contributed by atoms with Crippen LogP contribution in [0.5, 0.6) is 11.5 Å². The van der Waals surface area contributed by atoms with Gasteiger partial charge in [0, 0.05) is 37.1 Å². The lowest BCUT2D eigenvalue weighted by Crippen LogP contribution is -2.25. The standard InChI is InChI=1S/C27H26N2O3/c1-29-17-23(22-9-5-6-10-24(22)29)21(13-19-7-3-2-4-8-19)15-27(30)28-16-20-11-12-25-26(14-20)32-18-31-25/h2-12,14,17,21H,13,15-16,18H2,1H3,(H,28,30). The number of amides is 1. The Kier molecular flexibility index (Phi) is 5.55. The number of aromatic nitrogens is 1. The van der Waals surface area contributed by atoms with Gasteiger partial charge < -0.3 is 19.4 Å². The van der Waals surface area contributed by atoms with E-state index in [2.05, 4.69) is 71.7 Å². The van der Waals surface area contributed by atoms with Crippen molar-refractivity contribution in [2.75, 3.05) is 6.79 Å². The summed E-state index contributed by atoms with van der Waals surface area (Å²) in [6.07, 6.45) is 3.41. The molecule has 2 heterocycles. The topological polar surface area (TPSA) is 52.5 Å². The van der Waals surface area contributed by atoms with Crippen LogP contribution in [0.3, 0.4) is 0 Å². The number of carbonyl (C=O) groups excluding carboxylic acids is 1. The molecule has 0 radical (unpaired) electrons. The third-order valence-electron chi connectivity index (χ3n) is 6.05. The summed E-state index contributed by atoms with van der Waals surface area (Å²) in [5.74, 6) is 1.60. The number of fused-ring (bicyclic) bond motifs is 2. The van der Waals surface area contributed by atoms with E-state index in [9.17, 15) is 4.79 Å². The molecule has 1 aromatic heterocycles. The average Bonchev–Trinajstić information content (AvgIpc) is 3.42. The fraction of sp³-hybridized carbons (Fsp3) is 0.222. The van der Waals surface area contributed by atoms with Gasteiger partial charge in [-0.3, -0.25) is 4.79 Å². The minimum absolute atomic E-state index is 0.0385. The van der Waals surface area contributed by atoms with Crippen LogP contribution in [0.1, 0.15) is 29.0 Å². The molecule has 0 bridgehead atoms. The number of rotatable bonds is 7. The van der Waals surface area contributed by atoms with Gasteiger partial charge in [0.2, 0.25) is 12.7 Å². The van der Waals surface area contributed by atoms with Gasteiger partial charge in [0.05, 0.1) is 0 Å². The predicted octanol–water partition coefficient (Wildman–Crippen LogP) is 4.94. The summed E-state index contributed by atoms with van der Waals surface area (Å²) in [7, 11) is 2.06. The Morgan fingerprint density at radius 3 is 2.62 bits per heavy atom. The number of hydrogen-bond donors (Lipinski definition) is 1. The van der Waals surface area contributed by atoms with Crippen LogP contribution in [0.15, 0.2) is 79.0 Å². The van der Waals surface area contributed by atoms with Crippen LogP contribution in [0, 0.1) is 0 Å². The molecule has 3 aromatic carbocycles. The maximum absolute atomic E-state index is 13.0. The second-order valence-corrected chi connectivity index (χ2v) is 8.27. The van der Waals surface area contributed by atoms with Crippen molar-refractivity contribution in [1.29, 1.82) is 0 Å². The minimum atomic E-state index is 0.0385. The van der Waals surface area contributed by atoms with Crippen molar-refractivity contribution in [2.45, 2.75) is 25.3 Å². The zero-order valence-electron chi connectivity index (χ0n) is 18.1. The highest BCUT2D eigenvalue weighted by atomic mass is 16.7. The number of hydrogen-bond acceptors (Lipinski definition) is 3. The van der Waals surface area contributed by atoms with Crippen LogP contribution < -0.4 is 14.8 Å². The van der Waals surface area contributed by atoms with Gasteiger partial charge in [-0.1, -0.05) is 54.6 Å². The maximum Gasteiger partial charge on any atom is 0.231 e. The Hall–Kier alpha value is -3.73. The SMILES string of the molecule is Cn1cc(C(CC(=O)NCc2ccc3c(c2)OCO3)Cc2ccccc2)c2ccccc21. The summed E-state index contributed by atoms with van der Waals surface area (Å²) in [5, 5.41) is 4.30. The number of para-hydroxylation sites is 1. The van der Waals surface area contributed by atoms with Gasteiger partial charge >= 0.3 is 0 Å². The molecule has 1 aliphatic rings. The molecule has 1 unspecified atom stereocenters. The van der Waals surface area contributed by atoms with E-state index < -0.39 is 0 Å².